The van der Waals surface area contributed by atoms with E-state index in [2.05, 4.69) is 5.32 Å². The first-order valence-electron chi connectivity index (χ1n) is 7.11. The molecule has 1 fully saturated rings. The first kappa shape index (κ1) is 15.3. The molecule has 2 rings (SSSR count). The van der Waals surface area contributed by atoms with Crippen LogP contribution in [0.4, 0.5) is 10.5 Å². The number of aromatic carboxylic acids is 1. The number of carboxylic acid groups (broad SMARTS) is 1. The van der Waals surface area contributed by atoms with Gasteiger partial charge in [-0.2, -0.15) is 0 Å². The summed E-state index contributed by atoms with van der Waals surface area (Å²) < 4.78 is 5.56. The van der Waals surface area contributed by atoms with Crippen molar-refractivity contribution in [2.24, 2.45) is 0 Å². The first-order chi connectivity index (χ1) is 10.1. The van der Waals surface area contributed by atoms with E-state index in [1.54, 1.807) is 23.1 Å². The van der Waals surface area contributed by atoms with Gasteiger partial charge in [0, 0.05) is 19.7 Å². The second-order valence-corrected chi connectivity index (χ2v) is 4.95. The Balaban J connectivity index is 2.03. The molecule has 2 amide bonds. The van der Waals surface area contributed by atoms with E-state index in [0.717, 1.165) is 12.8 Å². The number of likely N-dealkylation sites (tertiary alicyclic amines) is 1. The minimum atomic E-state index is -1.06. The molecule has 1 unspecified atom stereocenters. The highest BCUT2D eigenvalue weighted by molar-refractivity contribution is 5.99. The van der Waals surface area contributed by atoms with Gasteiger partial charge in [-0.05, 0) is 31.9 Å². The Bertz CT molecular complexity index is 516. The lowest BCUT2D eigenvalue weighted by Gasteiger charge is -2.32. The van der Waals surface area contributed by atoms with Gasteiger partial charge in [0.1, 0.15) is 0 Å². The number of anilines is 1. The Hall–Kier alpha value is -2.08. The van der Waals surface area contributed by atoms with Crippen LogP contribution in [0, 0.1) is 0 Å². The van der Waals surface area contributed by atoms with Gasteiger partial charge in [0.25, 0.3) is 0 Å². The zero-order valence-electron chi connectivity index (χ0n) is 12.0. The molecule has 1 atom stereocenters. The minimum Gasteiger partial charge on any atom is -0.478 e. The largest absolute Gasteiger partial charge is 0.478 e. The summed E-state index contributed by atoms with van der Waals surface area (Å²) in [6.07, 6.45) is 1.89. The lowest BCUT2D eigenvalue weighted by Crippen LogP contribution is -2.45. The number of benzene rings is 1. The fourth-order valence-electron chi connectivity index (χ4n) is 2.47. The number of hydrogen-bond acceptors (Lipinski definition) is 3. The Morgan fingerprint density at radius 1 is 1.43 bits per heavy atom. The van der Waals surface area contributed by atoms with Crippen LogP contribution in [0.3, 0.4) is 0 Å². The Morgan fingerprint density at radius 2 is 2.19 bits per heavy atom. The lowest BCUT2D eigenvalue weighted by atomic mass is 10.1. The van der Waals surface area contributed by atoms with Crippen molar-refractivity contribution in [1.82, 2.24) is 4.90 Å². The zero-order valence-corrected chi connectivity index (χ0v) is 12.0. The predicted octanol–water partition coefficient (Wildman–Crippen LogP) is 2.42. The summed E-state index contributed by atoms with van der Waals surface area (Å²) in [6.45, 7) is 3.75. The van der Waals surface area contributed by atoms with Gasteiger partial charge in [-0.15, -0.1) is 0 Å². The molecule has 1 aliphatic heterocycles. The molecule has 2 N–H and O–H groups in total. The van der Waals surface area contributed by atoms with Gasteiger partial charge in [-0.3, -0.25) is 0 Å². The van der Waals surface area contributed by atoms with Crippen LogP contribution in [0.15, 0.2) is 24.3 Å². The molecular formula is C15H20N2O4. The normalized spacial score (nSPS) is 18.3. The van der Waals surface area contributed by atoms with Crippen LogP contribution in [0.1, 0.15) is 30.1 Å². The van der Waals surface area contributed by atoms with Crippen molar-refractivity contribution >= 4 is 17.7 Å². The molecule has 0 radical (unpaired) electrons. The summed E-state index contributed by atoms with van der Waals surface area (Å²) in [7, 11) is 0. The Kier molecular flexibility index (Phi) is 5.16. The smallest absolute Gasteiger partial charge is 0.337 e. The first-order valence-corrected chi connectivity index (χ1v) is 7.11. The summed E-state index contributed by atoms with van der Waals surface area (Å²) in [5.74, 6) is -1.06. The van der Waals surface area contributed by atoms with Crippen molar-refractivity contribution in [2.75, 3.05) is 25.0 Å². The monoisotopic (exact) mass is 292 g/mol. The molecule has 0 bridgehead atoms. The number of nitrogens with one attached hydrogen (secondary N) is 1. The molecule has 1 aliphatic rings. The third kappa shape index (κ3) is 3.95. The molecule has 0 saturated carbocycles. The molecular weight excluding hydrogens is 272 g/mol. The maximum absolute atomic E-state index is 12.3. The summed E-state index contributed by atoms with van der Waals surface area (Å²) in [5, 5.41) is 11.8. The number of piperidine rings is 1. The second kappa shape index (κ2) is 7.08. The number of hydrogen-bond donors (Lipinski definition) is 2. The van der Waals surface area contributed by atoms with E-state index < -0.39 is 5.97 Å². The van der Waals surface area contributed by atoms with Crippen molar-refractivity contribution in [3.8, 4) is 0 Å². The van der Waals surface area contributed by atoms with Crippen molar-refractivity contribution < 1.29 is 19.4 Å². The summed E-state index contributed by atoms with van der Waals surface area (Å²) in [6, 6.07) is 6.10. The highest BCUT2D eigenvalue weighted by Gasteiger charge is 2.24. The second-order valence-electron chi connectivity index (χ2n) is 4.95. The number of carboxylic acids is 1. The van der Waals surface area contributed by atoms with Crippen molar-refractivity contribution in [1.29, 1.82) is 0 Å². The topological polar surface area (TPSA) is 78.9 Å². The van der Waals surface area contributed by atoms with E-state index in [9.17, 15) is 9.59 Å². The Morgan fingerprint density at radius 3 is 2.90 bits per heavy atom. The molecule has 1 heterocycles. The van der Waals surface area contributed by atoms with Crippen LogP contribution in [0.2, 0.25) is 0 Å². The van der Waals surface area contributed by atoms with Gasteiger partial charge in [0.2, 0.25) is 0 Å². The van der Waals surface area contributed by atoms with E-state index in [1.807, 2.05) is 6.92 Å². The number of urea groups is 1. The molecule has 114 valence electrons. The van der Waals surface area contributed by atoms with E-state index in [-0.39, 0.29) is 17.7 Å². The molecule has 6 nitrogen and oxygen atoms in total. The van der Waals surface area contributed by atoms with Gasteiger partial charge in [-0.25, -0.2) is 9.59 Å². The van der Waals surface area contributed by atoms with Crippen LogP contribution in [-0.4, -0.2) is 47.8 Å². The van der Waals surface area contributed by atoms with Crippen LogP contribution in [0.25, 0.3) is 0 Å². The fourth-order valence-corrected chi connectivity index (χ4v) is 2.47. The van der Waals surface area contributed by atoms with Gasteiger partial charge in [0.05, 0.1) is 17.4 Å². The average Bonchev–Trinajstić information content (AvgIpc) is 2.48. The number of amides is 2. The van der Waals surface area contributed by atoms with E-state index in [4.69, 9.17) is 9.84 Å². The number of para-hydroxylation sites is 1. The number of ether oxygens (including phenoxy) is 1. The standard InChI is InChI=1S/C15H20N2O4/c1-2-21-11-6-5-9-17(10-11)15(20)16-13-8-4-3-7-12(13)14(18)19/h3-4,7-8,11H,2,5-6,9-10H2,1H3,(H,16,20)(H,18,19). The number of rotatable bonds is 4. The number of carbonyl (C=O) groups is 2. The van der Waals surface area contributed by atoms with E-state index in [1.165, 1.54) is 6.07 Å². The van der Waals surface area contributed by atoms with Crippen LogP contribution in [-0.2, 0) is 4.74 Å². The van der Waals surface area contributed by atoms with E-state index >= 15 is 0 Å². The molecule has 1 aromatic rings. The predicted molar refractivity (Wildman–Crippen MR) is 78.6 cm³/mol. The fraction of sp³-hybridized carbons (Fsp3) is 0.467. The molecule has 0 spiro atoms. The number of nitrogens with zero attached hydrogens (tertiary/aromatic N) is 1. The van der Waals surface area contributed by atoms with Crippen molar-refractivity contribution in [2.45, 2.75) is 25.9 Å². The molecule has 6 heteroatoms. The van der Waals surface area contributed by atoms with Crippen LogP contribution in [0.5, 0.6) is 0 Å². The summed E-state index contributed by atoms with van der Waals surface area (Å²) >= 11 is 0. The van der Waals surface area contributed by atoms with Crippen LogP contribution >= 0.6 is 0 Å². The molecule has 1 aromatic carbocycles. The Labute approximate surface area is 123 Å². The molecule has 0 aliphatic carbocycles. The van der Waals surface area contributed by atoms with Gasteiger partial charge in [0.15, 0.2) is 0 Å². The van der Waals surface area contributed by atoms with Gasteiger partial charge < -0.3 is 20.1 Å². The zero-order chi connectivity index (χ0) is 15.2. The third-order valence-electron chi connectivity index (χ3n) is 3.47. The summed E-state index contributed by atoms with van der Waals surface area (Å²) in [5.41, 5.74) is 0.401. The quantitative estimate of drug-likeness (QED) is 0.893. The lowest BCUT2D eigenvalue weighted by molar-refractivity contribution is 0.0181. The van der Waals surface area contributed by atoms with Crippen molar-refractivity contribution in [3.63, 3.8) is 0 Å². The highest BCUT2D eigenvalue weighted by atomic mass is 16.5. The van der Waals surface area contributed by atoms with E-state index in [0.29, 0.717) is 25.4 Å². The molecule has 0 aromatic heterocycles. The average molecular weight is 292 g/mol. The molecule has 21 heavy (non-hydrogen) atoms. The van der Waals surface area contributed by atoms with Gasteiger partial charge in [-0.1, -0.05) is 12.1 Å². The summed E-state index contributed by atoms with van der Waals surface area (Å²) in [4.78, 5) is 25.1. The van der Waals surface area contributed by atoms with Gasteiger partial charge >= 0.3 is 12.0 Å². The minimum absolute atomic E-state index is 0.0595. The maximum Gasteiger partial charge on any atom is 0.337 e. The maximum atomic E-state index is 12.3. The third-order valence-corrected chi connectivity index (χ3v) is 3.47. The van der Waals surface area contributed by atoms with Crippen LogP contribution < -0.4 is 5.32 Å². The number of carbonyl (C=O) groups excluding carboxylic acids is 1. The highest BCUT2D eigenvalue weighted by Crippen LogP contribution is 2.18. The SMILES string of the molecule is CCOC1CCCN(C(=O)Nc2ccccc2C(=O)O)C1. The molecule has 1 saturated heterocycles. The van der Waals surface area contributed by atoms with Crippen molar-refractivity contribution in [3.05, 3.63) is 29.8 Å².